The number of amides is 1. The quantitative estimate of drug-likeness (QED) is 0.359. The number of ether oxygens (including phenoxy) is 1. The number of aromatic nitrogens is 2. The normalized spacial score (nSPS) is 15.6. The van der Waals surface area contributed by atoms with Crippen LogP contribution in [-0.2, 0) is 0 Å². The van der Waals surface area contributed by atoms with Gasteiger partial charge in [0.1, 0.15) is 5.75 Å². The van der Waals surface area contributed by atoms with Crippen LogP contribution in [-0.4, -0.2) is 34.2 Å². The van der Waals surface area contributed by atoms with E-state index < -0.39 is 0 Å². The second-order valence-corrected chi connectivity index (χ2v) is 8.48. The van der Waals surface area contributed by atoms with Crippen LogP contribution in [0.5, 0.6) is 5.75 Å². The van der Waals surface area contributed by atoms with E-state index in [4.69, 9.17) is 21.4 Å². The van der Waals surface area contributed by atoms with Crippen LogP contribution >= 0.6 is 11.6 Å². The molecule has 1 saturated heterocycles. The average molecular weight is 458 g/mol. The number of nitrogens with zero attached hydrogens (tertiary/aromatic N) is 3. The molecule has 0 N–H and O–H groups in total. The summed E-state index contributed by atoms with van der Waals surface area (Å²) in [6, 6.07) is 27.2. The summed E-state index contributed by atoms with van der Waals surface area (Å²) in [4.78, 5) is 15.6. The molecule has 0 bridgehead atoms. The largest absolute Gasteiger partial charge is 0.497 e. The Morgan fingerprint density at radius 2 is 1.73 bits per heavy atom. The van der Waals surface area contributed by atoms with Gasteiger partial charge < -0.3 is 9.64 Å². The Labute approximate surface area is 198 Å². The third-order valence-corrected chi connectivity index (χ3v) is 6.44. The van der Waals surface area contributed by atoms with Crippen molar-refractivity contribution in [2.24, 2.45) is 0 Å². The van der Waals surface area contributed by atoms with Gasteiger partial charge in [-0.05, 0) is 54.8 Å². The molecule has 5 nitrogen and oxygen atoms in total. The number of hydrogen-bond acceptors (Lipinski definition) is 3. The maximum atomic E-state index is 13.7. The van der Waals surface area contributed by atoms with Gasteiger partial charge >= 0.3 is 0 Å². The van der Waals surface area contributed by atoms with E-state index in [1.54, 1.807) is 7.11 Å². The molecule has 5 rings (SSSR count). The summed E-state index contributed by atoms with van der Waals surface area (Å²) in [6.45, 7) is 0.685. The minimum absolute atomic E-state index is 0.0440. The zero-order valence-electron chi connectivity index (χ0n) is 18.3. The molecule has 0 radical (unpaired) electrons. The van der Waals surface area contributed by atoms with E-state index in [1.165, 1.54) is 0 Å². The predicted octanol–water partition coefficient (Wildman–Crippen LogP) is 6.18. The third kappa shape index (κ3) is 4.12. The highest BCUT2D eigenvalue weighted by Gasteiger charge is 2.33. The Hall–Kier alpha value is -3.57. The van der Waals surface area contributed by atoms with Crippen LogP contribution in [0, 0.1) is 0 Å². The van der Waals surface area contributed by atoms with Gasteiger partial charge in [0, 0.05) is 17.1 Å². The van der Waals surface area contributed by atoms with Crippen molar-refractivity contribution < 1.29 is 9.53 Å². The van der Waals surface area contributed by atoms with Crippen molar-refractivity contribution in [3.05, 3.63) is 101 Å². The fourth-order valence-corrected chi connectivity index (χ4v) is 4.71. The second kappa shape index (κ2) is 9.12. The standard InChI is InChI=1S/C27H24ClN3O2/c1-33-21-15-13-20(14-16-21)31-26(19-8-3-2-4-9-19)18-24(29-31)27(32)30-17-7-12-25(30)22-10-5-6-11-23(22)28/h2-6,8-11,13-16,18,25H,7,12,17H2,1H3/t25-/m1/s1. The first-order valence-corrected chi connectivity index (χ1v) is 11.4. The van der Waals surface area contributed by atoms with E-state index in [-0.39, 0.29) is 11.9 Å². The Bertz CT molecular complexity index is 1270. The SMILES string of the molecule is COc1ccc(-n2nc(C(=O)N3CCC[C@@H]3c3ccccc3Cl)cc2-c2ccccc2)cc1. The van der Waals surface area contributed by atoms with E-state index in [2.05, 4.69) is 0 Å². The zero-order chi connectivity index (χ0) is 22.8. The van der Waals surface area contributed by atoms with E-state index in [0.717, 1.165) is 41.1 Å². The minimum atomic E-state index is -0.0816. The van der Waals surface area contributed by atoms with E-state index >= 15 is 0 Å². The van der Waals surface area contributed by atoms with Crippen molar-refractivity contribution in [1.29, 1.82) is 0 Å². The highest BCUT2D eigenvalue weighted by molar-refractivity contribution is 6.31. The summed E-state index contributed by atoms with van der Waals surface area (Å²) in [5, 5.41) is 5.45. The van der Waals surface area contributed by atoms with Gasteiger partial charge in [0.05, 0.1) is 24.5 Å². The molecule has 1 aliphatic heterocycles. The maximum Gasteiger partial charge on any atom is 0.274 e. The maximum absolute atomic E-state index is 13.7. The monoisotopic (exact) mass is 457 g/mol. The lowest BCUT2D eigenvalue weighted by Gasteiger charge is -2.25. The second-order valence-electron chi connectivity index (χ2n) is 8.07. The summed E-state index contributed by atoms with van der Waals surface area (Å²) in [7, 11) is 1.64. The summed E-state index contributed by atoms with van der Waals surface area (Å²) in [6.07, 6.45) is 1.83. The molecule has 1 amide bonds. The van der Waals surface area contributed by atoms with Gasteiger partial charge in [0.2, 0.25) is 0 Å². The highest BCUT2D eigenvalue weighted by Crippen LogP contribution is 2.37. The molecule has 166 valence electrons. The van der Waals surface area contributed by atoms with Crippen LogP contribution < -0.4 is 4.74 Å². The van der Waals surface area contributed by atoms with Crippen molar-refractivity contribution in [2.75, 3.05) is 13.7 Å². The minimum Gasteiger partial charge on any atom is -0.497 e. The zero-order valence-corrected chi connectivity index (χ0v) is 19.1. The molecule has 0 spiro atoms. The summed E-state index contributed by atoms with van der Waals surface area (Å²) in [5.74, 6) is 0.685. The molecule has 0 saturated carbocycles. The van der Waals surface area contributed by atoms with Gasteiger partial charge in [-0.3, -0.25) is 4.79 Å². The fraction of sp³-hybridized carbons (Fsp3) is 0.185. The number of benzene rings is 3. The number of halogens is 1. The summed E-state index contributed by atoms with van der Waals surface area (Å²) in [5.41, 5.74) is 4.12. The first-order valence-electron chi connectivity index (χ1n) is 11.0. The van der Waals surface area contributed by atoms with Crippen LogP contribution in [0.3, 0.4) is 0 Å². The van der Waals surface area contributed by atoms with Gasteiger partial charge in [0.15, 0.2) is 5.69 Å². The third-order valence-electron chi connectivity index (χ3n) is 6.09. The molecule has 4 aromatic rings. The number of methoxy groups -OCH3 is 1. The number of hydrogen-bond donors (Lipinski definition) is 0. The molecule has 0 aliphatic carbocycles. The Morgan fingerprint density at radius 3 is 2.45 bits per heavy atom. The smallest absolute Gasteiger partial charge is 0.274 e. The summed E-state index contributed by atoms with van der Waals surface area (Å²) >= 11 is 6.47. The number of likely N-dealkylation sites (tertiary alicyclic amines) is 1. The molecule has 2 heterocycles. The van der Waals surface area contributed by atoms with Gasteiger partial charge in [-0.2, -0.15) is 5.10 Å². The molecule has 1 atom stereocenters. The lowest BCUT2D eigenvalue weighted by atomic mass is 10.0. The van der Waals surface area contributed by atoms with Gasteiger partial charge in [-0.1, -0.05) is 60.1 Å². The molecule has 33 heavy (non-hydrogen) atoms. The van der Waals surface area contributed by atoms with Crippen molar-refractivity contribution in [3.8, 4) is 22.7 Å². The molecule has 3 aromatic carbocycles. The Balaban J connectivity index is 1.55. The highest BCUT2D eigenvalue weighted by atomic mass is 35.5. The van der Waals surface area contributed by atoms with Crippen LogP contribution in [0.1, 0.15) is 34.9 Å². The van der Waals surface area contributed by atoms with E-state index in [0.29, 0.717) is 17.3 Å². The lowest BCUT2D eigenvalue weighted by Crippen LogP contribution is -2.31. The first-order chi connectivity index (χ1) is 16.2. The topological polar surface area (TPSA) is 47.4 Å². The molecule has 1 fully saturated rings. The molecule has 6 heteroatoms. The van der Waals surface area contributed by atoms with E-state index in [1.807, 2.05) is 94.5 Å². The summed E-state index contributed by atoms with van der Waals surface area (Å²) < 4.78 is 7.12. The number of carbonyl (C=O) groups is 1. The van der Waals surface area contributed by atoms with Gasteiger partial charge in [0.25, 0.3) is 5.91 Å². The Kier molecular flexibility index (Phi) is 5.88. The molecule has 1 aromatic heterocycles. The predicted molar refractivity (Wildman–Crippen MR) is 130 cm³/mol. The van der Waals surface area contributed by atoms with Gasteiger partial charge in [-0.15, -0.1) is 0 Å². The molecular weight excluding hydrogens is 434 g/mol. The fourth-order valence-electron chi connectivity index (χ4n) is 4.45. The van der Waals surface area contributed by atoms with Gasteiger partial charge in [-0.25, -0.2) is 4.68 Å². The molecular formula is C27H24ClN3O2. The van der Waals surface area contributed by atoms with Crippen LogP contribution in [0.4, 0.5) is 0 Å². The van der Waals surface area contributed by atoms with Crippen molar-refractivity contribution in [3.63, 3.8) is 0 Å². The van der Waals surface area contributed by atoms with Crippen LogP contribution in [0.25, 0.3) is 16.9 Å². The molecule has 0 unspecified atom stereocenters. The van der Waals surface area contributed by atoms with Crippen molar-refractivity contribution >= 4 is 17.5 Å². The Morgan fingerprint density at radius 1 is 1.00 bits per heavy atom. The van der Waals surface area contributed by atoms with Crippen LogP contribution in [0.15, 0.2) is 84.9 Å². The lowest BCUT2D eigenvalue weighted by molar-refractivity contribution is 0.0729. The molecule has 1 aliphatic rings. The van der Waals surface area contributed by atoms with Crippen molar-refractivity contribution in [2.45, 2.75) is 18.9 Å². The average Bonchev–Trinajstić information content (AvgIpc) is 3.53. The van der Waals surface area contributed by atoms with E-state index in [9.17, 15) is 4.79 Å². The first kappa shape index (κ1) is 21.3. The number of rotatable bonds is 5. The van der Waals surface area contributed by atoms with Crippen molar-refractivity contribution in [1.82, 2.24) is 14.7 Å². The van der Waals surface area contributed by atoms with Crippen LogP contribution in [0.2, 0.25) is 5.02 Å². The number of carbonyl (C=O) groups excluding carboxylic acids is 1.